The van der Waals surface area contributed by atoms with Gasteiger partial charge in [-0.05, 0) is 62.1 Å². The first-order chi connectivity index (χ1) is 13.9. The molecule has 2 aliphatic rings. The monoisotopic (exact) mass is 415 g/mol. The highest BCUT2D eigenvalue weighted by molar-refractivity contribution is 7.92. The molecule has 1 saturated carbocycles. The summed E-state index contributed by atoms with van der Waals surface area (Å²) in [5.74, 6) is 0.166. The van der Waals surface area contributed by atoms with Crippen molar-refractivity contribution in [2.24, 2.45) is 0 Å². The van der Waals surface area contributed by atoms with Crippen LogP contribution in [0.15, 0.2) is 53.4 Å². The highest BCUT2D eigenvalue weighted by Crippen LogP contribution is 2.27. The van der Waals surface area contributed by atoms with Crippen LogP contribution in [-0.2, 0) is 14.8 Å². The summed E-state index contributed by atoms with van der Waals surface area (Å²) in [6.45, 7) is -0.0578. The van der Waals surface area contributed by atoms with Crippen molar-refractivity contribution < 1.29 is 22.7 Å². The van der Waals surface area contributed by atoms with Crippen LogP contribution in [0.25, 0.3) is 0 Å². The number of nitrogens with zero attached hydrogens (tertiary/aromatic N) is 1. The van der Waals surface area contributed by atoms with E-state index in [2.05, 4.69) is 10.0 Å². The first kappa shape index (κ1) is 19.3. The number of benzene rings is 2. The second-order valence-corrected chi connectivity index (χ2v) is 8.77. The van der Waals surface area contributed by atoms with Gasteiger partial charge in [0.15, 0.2) is 0 Å². The number of amides is 3. The summed E-state index contributed by atoms with van der Waals surface area (Å²) in [4.78, 5) is 24.4. The van der Waals surface area contributed by atoms with Gasteiger partial charge >= 0.3 is 6.03 Å². The Morgan fingerprint density at radius 2 is 1.76 bits per heavy atom. The fourth-order valence-corrected chi connectivity index (χ4v) is 4.58. The molecule has 2 aromatic carbocycles. The third-order valence-electron chi connectivity index (χ3n) is 4.95. The zero-order valence-corrected chi connectivity index (χ0v) is 16.4. The van der Waals surface area contributed by atoms with Crippen LogP contribution >= 0.6 is 0 Å². The molecule has 2 fully saturated rings. The van der Waals surface area contributed by atoms with Crippen molar-refractivity contribution in [3.63, 3.8) is 0 Å². The van der Waals surface area contributed by atoms with E-state index in [4.69, 9.17) is 4.74 Å². The predicted molar refractivity (Wildman–Crippen MR) is 107 cm³/mol. The summed E-state index contributed by atoms with van der Waals surface area (Å²) in [5, 5.41) is 2.20. The fourth-order valence-electron chi connectivity index (χ4n) is 3.49. The van der Waals surface area contributed by atoms with Crippen LogP contribution in [0.5, 0.6) is 5.75 Å². The van der Waals surface area contributed by atoms with Crippen LogP contribution in [0.4, 0.5) is 16.2 Å². The second-order valence-electron chi connectivity index (χ2n) is 7.09. The number of sulfonamides is 1. The van der Waals surface area contributed by atoms with E-state index in [9.17, 15) is 18.0 Å². The van der Waals surface area contributed by atoms with E-state index >= 15 is 0 Å². The summed E-state index contributed by atoms with van der Waals surface area (Å²) in [7, 11) is -3.80. The lowest BCUT2D eigenvalue weighted by molar-refractivity contribution is -0.117. The van der Waals surface area contributed by atoms with Gasteiger partial charge < -0.3 is 4.74 Å². The fraction of sp³-hybridized carbons (Fsp3) is 0.300. The molecule has 2 N–H and O–H groups in total. The van der Waals surface area contributed by atoms with Gasteiger partial charge in [-0.3, -0.25) is 19.7 Å². The van der Waals surface area contributed by atoms with E-state index in [0.29, 0.717) is 17.1 Å². The smallest absolute Gasteiger partial charge is 0.329 e. The summed E-state index contributed by atoms with van der Waals surface area (Å²) < 4.78 is 33.9. The number of nitrogens with one attached hydrogen (secondary N) is 2. The van der Waals surface area contributed by atoms with Gasteiger partial charge in [-0.25, -0.2) is 13.2 Å². The Labute approximate surface area is 168 Å². The summed E-state index contributed by atoms with van der Waals surface area (Å²) in [6.07, 6.45) is 4.38. The van der Waals surface area contributed by atoms with E-state index < -0.39 is 16.1 Å². The number of imide groups is 1. The zero-order chi connectivity index (χ0) is 20.4. The molecule has 0 unspecified atom stereocenters. The normalized spacial score (nSPS) is 17.4. The molecule has 29 heavy (non-hydrogen) atoms. The maximum Gasteiger partial charge on any atom is 0.329 e. The highest BCUT2D eigenvalue weighted by atomic mass is 32.2. The minimum absolute atomic E-state index is 0.0578. The predicted octanol–water partition coefficient (Wildman–Crippen LogP) is 2.87. The van der Waals surface area contributed by atoms with E-state index in [0.717, 1.165) is 25.7 Å². The van der Waals surface area contributed by atoms with Gasteiger partial charge in [0.25, 0.3) is 10.0 Å². The van der Waals surface area contributed by atoms with Crippen molar-refractivity contribution in [2.45, 2.75) is 36.7 Å². The molecule has 1 aliphatic heterocycles. The molecule has 0 spiro atoms. The Morgan fingerprint density at radius 1 is 1.03 bits per heavy atom. The Morgan fingerprint density at radius 3 is 2.41 bits per heavy atom. The summed E-state index contributed by atoms with van der Waals surface area (Å²) in [6, 6.07) is 12.2. The average molecular weight is 415 g/mol. The van der Waals surface area contributed by atoms with E-state index in [1.165, 1.54) is 17.0 Å². The molecular formula is C20H21N3O5S. The molecule has 4 rings (SSSR count). The highest BCUT2D eigenvalue weighted by Gasteiger charge is 2.28. The van der Waals surface area contributed by atoms with Crippen molar-refractivity contribution >= 4 is 33.3 Å². The van der Waals surface area contributed by atoms with Gasteiger partial charge in [0.2, 0.25) is 5.91 Å². The molecule has 0 atom stereocenters. The molecule has 0 radical (unpaired) electrons. The number of urea groups is 1. The van der Waals surface area contributed by atoms with Crippen LogP contribution < -0.4 is 19.7 Å². The Kier molecular flexibility index (Phi) is 5.14. The van der Waals surface area contributed by atoms with E-state index in [1.807, 2.05) is 0 Å². The number of carbonyl (C=O) groups is 2. The van der Waals surface area contributed by atoms with Crippen molar-refractivity contribution in [1.82, 2.24) is 5.32 Å². The van der Waals surface area contributed by atoms with Crippen molar-refractivity contribution in [2.75, 3.05) is 16.2 Å². The first-order valence-corrected chi connectivity index (χ1v) is 10.9. The van der Waals surface area contributed by atoms with E-state index in [-0.39, 0.29) is 23.5 Å². The largest absolute Gasteiger partial charge is 0.490 e. The number of rotatable bonds is 6. The van der Waals surface area contributed by atoms with Gasteiger partial charge in [0, 0.05) is 17.4 Å². The maximum absolute atomic E-state index is 12.7. The number of anilines is 2. The second kappa shape index (κ2) is 7.75. The number of carbonyl (C=O) groups excluding carboxylic acids is 2. The maximum atomic E-state index is 12.7. The standard InChI is InChI=1S/C20H21N3O5S/c24-19-13-23(20(25)21-19)15-10-8-14(9-11-15)22-29(26,27)18-7-3-6-17(12-18)28-16-4-1-2-5-16/h3,6-12,16,22H,1-2,4-5,13H2,(H,21,24,25). The third kappa shape index (κ3) is 4.34. The molecular weight excluding hydrogens is 394 g/mol. The van der Waals surface area contributed by atoms with Gasteiger partial charge in [-0.2, -0.15) is 0 Å². The van der Waals surface area contributed by atoms with Gasteiger partial charge in [-0.1, -0.05) is 6.07 Å². The van der Waals surface area contributed by atoms with Crippen LogP contribution in [0.1, 0.15) is 25.7 Å². The Hall–Kier alpha value is -3.07. The third-order valence-corrected chi connectivity index (χ3v) is 6.32. The lowest BCUT2D eigenvalue weighted by atomic mass is 10.2. The Balaban J connectivity index is 1.47. The first-order valence-electron chi connectivity index (χ1n) is 9.42. The minimum Gasteiger partial charge on any atom is -0.490 e. The van der Waals surface area contributed by atoms with Gasteiger partial charge in [0.1, 0.15) is 12.3 Å². The molecule has 0 aromatic heterocycles. The number of hydrogen-bond donors (Lipinski definition) is 2. The molecule has 1 aliphatic carbocycles. The van der Waals surface area contributed by atoms with Crippen molar-refractivity contribution in [1.29, 1.82) is 0 Å². The van der Waals surface area contributed by atoms with Crippen LogP contribution in [-0.4, -0.2) is 33.0 Å². The minimum atomic E-state index is -3.80. The van der Waals surface area contributed by atoms with Crippen LogP contribution in [0, 0.1) is 0 Å². The molecule has 9 heteroatoms. The average Bonchev–Trinajstić information content (AvgIpc) is 3.31. The SMILES string of the molecule is O=C1CN(c2ccc(NS(=O)(=O)c3cccc(OC4CCCC4)c3)cc2)C(=O)N1. The molecule has 8 nitrogen and oxygen atoms in total. The lowest BCUT2D eigenvalue weighted by Gasteiger charge is -2.15. The number of hydrogen-bond acceptors (Lipinski definition) is 5. The topological polar surface area (TPSA) is 105 Å². The molecule has 1 heterocycles. The lowest BCUT2D eigenvalue weighted by Crippen LogP contribution is -2.27. The summed E-state index contributed by atoms with van der Waals surface area (Å²) >= 11 is 0. The van der Waals surface area contributed by atoms with Crippen LogP contribution in [0.3, 0.4) is 0 Å². The number of ether oxygens (including phenoxy) is 1. The Bertz CT molecular complexity index is 1030. The van der Waals surface area contributed by atoms with E-state index in [1.54, 1.807) is 36.4 Å². The van der Waals surface area contributed by atoms with Crippen LogP contribution in [0.2, 0.25) is 0 Å². The summed E-state index contributed by atoms with van der Waals surface area (Å²) in [5.41, 5.74) is 0.852. The van der Waals surface area contributed by atoms with Gasteiger partial charge in [0.05, 0.1) is 11.0 Å². The van der Waals surface area contributed by atoms with Crippen molar-refractivity contribution in [3.05, 3.63) is 48.5 Å². The van der Waals surface area contributed by atoms with Crippen molar-refractivity contribution in [3.8, 4) is 5.75 Å². The zero-order valence-electron chi connectivity index (χ0n) is 15.6. The molecule has 0 bridgehead atoms. The molecule has 152 valence electrons. The van der Waals surface area contributed by atoms with Gasteiger partial charge in [-0.15, -0.1) is 0 Å². The molecule has 1 saturated heterocycles. The molecule has 2 aromatic rings. The quantitative estimate of drug-likeness (QED) is 0.706. The molecule has 3 amide bonds.